The molecular weight excluding hydrogens is 380 g/mol. The zero-order valence-corrected chi connectivity index (χ0v) is 15.3. The highest BCUT2D eigenvalue weighted by atomic mass is 16.7. The van der Waals surface area contributed by atoms with E-state index in [-0.39, 0.29) is 13.1 Å². The van der Waals surface area contributed by atoms with Gasteiger partial charge in [-0.15, -0.1) is 0 Å². The van der Waals surface area contributed by atoms with Crippen LogP contribution in [0, 0.1) is 0 Å². The van der Waals surface area contributed by atoms with E-state index in [9.17, 15) is 29.4 Å². The molecule has 0 radical (unpaired) electrons. The van der Waals surface area contributed by atoms with E-state index in [0.717, 1.165) is 0 Å². The van der Waals surface area contributed by atoms with Gasteiger partial charge in [-0.25, -0.2) is 0 Å². The lowest BCUT2D eigenvalue weighted by atomic mass is 10.2. The summed E-state index contributed by atoms with van der Waals surface area (Å²) in [5.74, 6) is -5.03. The SMILES string of the molecule is O=C(CN1CCOCC1)OC(O)C(=O)C(=O)C(O)OC(=O)CN1CCOCC1. The van der Waals surface area contributed by atoms with Gasteiger partial charge in [-0.1, -0.05) is 0 Å². The first-order valence-electron chi connectivity index (χ1n) is 8.80. The molecule has 12 nitrogen and oxygen atoms in total. The van der Waals surface area contributed by atoms with Crippen LogP contribution in [0.1, 0.15) is 0 Å². The van der Waals surface area contributed by atoms with Crippen molar-refractivity contribution in [1.29, 1.82) is 0 Å². The van der Waals surface area contributed by atoms with E-state index < -0.39 is 36.1 Å². The van der Waals surface area contributed by atoms with Gasteiger partial charge < -0.3 is 29.2 Å². The highest BCUT2D eigenvalue weighted by Crippen LogP contribution is 2.03. The third-order valence-electron chi connectivity index (χ3n) is 4.09. The Kier molecular flexibility index (Phi) is 8.89. The van der Waals surface area contributed by atoms with E-state index in [1.165, 1.54) is 0 Å². The molecule has 0 aromatic rings. The second kappa shape index (κ2) is 11.1. The van der Waals surface area contributed by atoms with Gasteiger partial charge in [-0.3, -0.25) is 29.0 Å². The average Bonchev–Trinajstić information content (AvgIpc) is 2.68. The van der Waals surface area contributed by atoms with Crippen molar-refractivity contribution in [3.8, 4) is 0 Å². The van der Waals surface area contributed by atoms with Crippen LogP contribution in [-0.4, -0.2) is 122 Å². The topological polar surface area (TPSA) is 152 Å². The molecule has 0 amide bonds. The van der Waals surface area contributed by atoms with Crippen LogP contribution in [0.2, 0.25) is 0 Å². The molecule has 0 aliphatic carbocycles. The molecule has 2 aliphatic heterocycles. The fraction of sp³-hybridized carbons (Fsp3) is 0.750. The summed E-state index contributed by atoms with van der Waals surface area (Å²) >= 11 is 0. The number of ether oxygens (including phenoxy) is 4. The molecule has 2 rings (SSSR count). The third-order valence-corrected chi connectivity index (χ3v) is 4.09. The van der Waals surface area contributed by atoms with Gasteiger partial charge in [0.15, 0.2) is 0 Å². The van der Waals surface area contributed by atoms with E-state index in [1.54, 1.807) is 9.80 Å². The number of rotatable bonds is 9. The highest BCUT2D eigenvalue weighted by molar-refractivity contribution is 6.40. The van der Waals surface area contributed by atoms with E-state index in [2.05, 4.69) is 9.47 Å². The summed E-state index contributed by atoms with van der Waals surface area (Å²) in [6.07, 6.45) is -4.79. The lowest BCUT2D eigenvalue weighted by Crippen LogP contribution is -2.45. The van der Waals surface area contributed by atoms with Gasteiger partial charge in [0.2, 0.25) is 0 Å². The van der Waals surface area contributed by atoms with Gasteiger partial charge in [-0.2, -0.15) is 0 Å². The lowest BCUT2D eigenvalue weighted by Gasteiger charge is -2.26. The van der Waals surface area contributed by atoms with Crippen LogP contribution in [-0.2, 0) is 38.1 Å². The molecule has 2 atom stereocenters. The molecule has 2 unspecified atom stereocenters. The number of Topliss-reactive ketones (excluding diaryl/α,β-unsaturated/α-hetero) is 2. The smallest absolute Gasteiger partial charge is 0.322 e. The Labute approximate surface area is 160 Å². The van der Waals surface area contributed by atoms with Gasteiger partial charge in [0.05, 0.1) is 39.5 Å². The Morgan fingerprint density at radius 1 is 0.714 bits per heavy atom. The summed E-state index contributed by atoms with van der Waals surface area (Å²) in [6, 6.07) is 0. The van der Waals surface area contributed by atoms with Crippen LogP contribution in [0.3, 0.4) is 0 Å². The van der Waals surface area contributed by atoms with Crippen molar-refractivity contribution in [3.63, 3.8) is 0 Å². The van der Waals surface area contributed by atoms with Crippen LogP contribution >= 0.6 is 0 Å². The lowest BCUT2D eigenvalue weighted by molar-refractivity contribution is -0.188. The van der Waals surface area contributed by atoms with E-state index in [4.69, 9.17) is 9.47 Å². The molecule has 2 saturated heterocycles. The zero-order chi connectivity index (χ0) is 20.5. The molecule has 0 aromatic carbocycles. The molecule has 0 saturated carbocycles. The molecule has 2 heterocycles. The Bertz CT molecular complexity index is 522. The number of morpholine rings is 2. The number of carbonyl (C=O) groups is 4. The number of nitrogens with zero attached hydrogens (tertiary/aromatic N) is 2. The van der Waals surface area contributed by atoms with Gasteiger partial charge in [0, 0.05) is 26.2 Å². The molecule has 2 aliphatic rings. The van der Waals surface area contributed by atoms with Crippen molar-refractivity contribution in [2.24, 2.45) is 0 Å². The quantitative estimate of drug-likeness (QED) is 0.223. The summed E-state index contributed by atoms with van der Waals surface area (Å²) in [4.78, 5) is 50.4. The minimum Gasteiger partial charge on any atom is -0.427 e. The number of esters is 2. The van der Waals surface area contributed by atoms with Crippen LogP contribution in [0.15, 0.2) is 0 Å². The Morgan fingerprint density at radius 2 is 1.04 bits per heavy atom. The molecule has 0 aromatic heterocycles. The first kappa shape index (κ1) is 22.3. The predicted octanol–water partition coefficient (Wildman–Crippen LogP) is -3.49. The molecule has 0 bridgehead atoms. The molecule has 158 valence electrons. The predicted molar refractivity (Wildman–Crippen MR) is 88.7 cm³/mol. The third kappa shape index (κ3) is 7.22. The van der Waals surface area contributed by atoms with Crippen LogP contribution in [0.4, 0.5) is 0 Å². The first-order valence-corrected chi connectivity index (χ1v) is 8.80. The number of aliphatic hydroxyl groups excluding tert-OH is 2. The molecule has 2 fully saturated rings. The maximum atomic E-state index is 11.8. The number of hydrogen-bond acceptors (Lipinski definition) is 12. The molecule has 28 heavy (non-hydrogen) atoms. The van der Waals surface area contributed by atoms with Crippen LogP contribution in [0.25, 0.3) is 0 Å². The van der Waals surface area contributed by atoms with Gasteiger partial charge in [0.25, 0.3) is 24.1 Å². The number of hydrogen-bond donors (Lipinski definition) is 2. The fourth-order valence-corrected chi connectivity index (χ4v) is 2.56. The minimum absolute atomic E-state index is 0.195. The van der Waals surface area contributed by atoms with Gasteiger partial charge in [-0.05, 0) is 0 Å². The maximum Gasteiger partial charge on any atom is 0.322 e. The Balaban J connectivity index is 1.73. The highest BCUT2D eigenvalue weighted by Gasteiger charge is 2.34. The van der Waals surface area contributed by atoms with Crippen molar-refractivity contribution in [2.75, 3.05) is 65.7 Å². The van der Waals surface area contributed by atoms with Crippen molar-refractivity contribution in [3.05, 3.63) is 0 Å². The fourth-order valence-electron chi connectivity index (χ4n) is 2.56. The van der Waals surface area contributed by atoms with Crippen molar-refractivity contribution >= 4 is 23.5 Å². The summed E-state index contributed by atoms with van der Waals surface area (Å²) in [5, 5.41) is 19.2. The number of carbonyl (C=O) groups excluding carboxylic acids is 4. The Morgan fingerprint density at radius 3 is 1.36 bits per heavy atom. The Hall–Kier alpha value is -1.96. The minimum atomic E-state index is -2.39. The standard InChI is InChI=1S/C16H24N2O10/c19-11(9-17-1-5-25-6-2-17)27-15(23)13(21)14(22)16(24)28-12(20)10-18-3-7-26-8-4-18/h15-16,23-24H,1-10H2. The van der Waals surface area contributed by atoms with Crippen LogP contribution < -0.4 is 0 Å². The summed E-state index contributed by atoms with van der Waals surface area (Å²) < 4.78 is 19.2. The number of aliphatic hydroxyl groups is 2. The second-order valence-electron chi connectivity index (χ2n) is 6.19. The number of ketones is 2. The van der Waals surface area contributed by atoms with E-state index in [1.807, 2.05) is 0 Å². The van der Waals surface area contributed by atoms with Crippen LogP contribution in [0.5, 0.6) is 0 Å². The molecule has 12 heteroatoms. The molecule has 0 spiro atoms. The van der Waals surface area contributed by atoms with Crippen molar-refractivity contribution in [2.45, 2.75) is 12.6 Å². The summed E-state index contributed by atoms with van der Waals surface area (Å²) in [5.41, 5.74) is 0. The normalized spacial score (nSPS) is 20.8. The second-order valence-corrected chi connectivity index (χ2v) is 6.19. The largest absolute Gasteiger partial charge is 0.427 e. The maximum absolute atomic E-state index is 11.8. The van der Waals surface area contributed by atoms with E-state index in [0.29, 0.717) is 52.6 Å². The molecular formula is C16H24N2O10. The van der Waals surface area contributed by atoms with Gasteiger partial charge in [0.1, 0.15) is 0 Å². The van der Waals surface area contributed by atoms with Crippen molar-refractivity contribution < 1.29 is 48.3 Å². The first-order chi connectivity index (χ1) is 13.4. The summed E-state index contributed by atoms with van der Waals surface area (Å²) in [7, 11) is 0. The zero-order valence-electron chi connectivity index (χ0n) is 15.3. The summed E-state index contributed by atoms with van der Waals surface area (Å²) in [6.45, 7) is 3.30. The van der Waals surface area contributed by atoms with E-state index >= 15 is 0 Å². The van der Waals surface area contributed by atoms with Crippen molar-refractivity contribution in [1.82, 2.24) is 9.80 Å². The van der Waals surface area contributed by atoms with Gasteiger partial charge >= 0.3 is 11.9 Å². The molecule has 2 N–H and O–H groups in total. The average molecular weight is 404 g/mol. The monoisotopic (exact) mass is 404 g/mol.